The quantitative estimate of drug-likeness (QED) is 0.190. The Morgan fingerprint density at radius 2 is 1.28 bits per heavy atom. The molecule has 3 aliphatic rings. The normalized spacial score (nSPS) is 19.7. The van der Waals surface area contributed by atoms with Gasteiger partial charge in [-0.1, -0.05) is 106 Å². The molecule has 2 unspecified atom stereocenters. The van der Waals surface area contributed by atoms with E-state index in [1.807, 2.05) is 6.07 Å². The van der Waals surface area contributed by atoms with E-state index in [1.165, 1.54) is 27.4 Å². The molecule has 4 nitrogen and oxygen atoms in total. The molecule has 0 spiro atoms. The van der Waals surface area contributed by atoms with Crippen molar-refractivity contribution in [2.24, 2.45) is 5.92 Å². The van der Waals surface area contributed by atoms with Crippen LogP contribution in [0.4, 0.5) is 17.1 Å². The van der Waals surface area contributed by atoms with Crippen molar-refractivity contribution in [1.82, 2.24) is 4.57 Å². The minimum atomic E-state index is -0.193. The fourth-order valence-electron chi connectivity index (χ4n) is 8.94. The Labute approximate surface area is 292 Å². The summed E-state index contributed by atoms with van der Waals surface area (Å²) in [6, 6.07) is 51.6. The molecule has 2 atom stereocenters. The van der Waals surface area contributed by atoms with Crippen LogP contribution in [0.15, 0.2) is 169 Å². The molecule has 0 fully saturated rings. The molecule has 1 aromatic heterocycles. The zero-order valence-corrected chi connectivity index (χ0v) is 28.3. The Balaban J connectivity index is 1.14. The number of allylic oxidation sites excluding steroid dienone is 2. The van der Waals surface area contributed by atoms with Gasteiger partial charge in [-0.05, 0) is 89.4 Å². The second-order valence-electron chi connectivity index (χ2n) is 14.4. The topological polar surface area (TPSA) is 26.6 Å². The van der Waals surface area contributed by atoms with Gasteiger partial charge in [0.25, 0.3) is 0 Å². The van der Waals surface area contributed by atoms with Crippen LogP contribution in [0.25, 0.3) is 27.5 Å². The van der Waals surface area contributed by atoms with Gasteiger partial charge >= 0.3 is 0 Å². The number of para-hydroxylation sites is 4. The summed E-state index contributed by atoms with van der Waals surface area (Å²) in [6.07, 6.45) is 4.61. The van der Waals surface area contributed by atoms with Gasteiger partial charge in [0.15, 0.2) is 23.0 Å². The molecule has 7 aromatic rings. The van der Waals surface area contributed by atoms with Crippen molar-refractivity contribution in [3.05, 3.63) is 180 Å². The van der Waals surface area contributed by atoms with Crippen LogP contribution < -0.4 is 14.4 Å². The summed E-state index contributed by atoms with van der Waals surface area (Å²) in [4.78, 5) is 2.29. The Hall–Kier alpha value is -6.00. The fraction of sp³-hybridized carbons (Fsp3) is 0.130. The highest BCUT2D eigenvalue weighted by Gasteiger charge is 2.54. The Morgan fingerprint density at radius 3 is 2.10 bits per heavy atom. The number of hydrogen-bond acceptors (Lipinski definition) is 3. The zero-order valence-electron chi connectivity index (χ0n) is 28.3. The number of aromatic nitrogens is 1. The van der Waals surface area contributed by atoms with Crippen LogP contribution >= 0.6 is 0 Å². The van der Waals surface area contributed by atoms with Crippen molar-refractivity contribution in [1.29, 1.82) is 0 Å². The van der Waals surface area contributed by atoms with E-state index >= 15 is 0 Å². The molecule has 2 aliphatic carbocycles. The van der Waals surface area contributed by atoms with Gasteiger partial charge in [-0.25, -0.2) is 0 Å². The highest BCUT2D eigenvalue weighted by molar-refractivity contribution is 6.10. The van der Waals surface area contributed by atoms with E-state index in [2.05, 4.69) is 182 Å². The van der Waals surface area contributed by atoms with Gasteiger partial charge in [0, 0.05) is 39.2 Å². The lowest BCUT2D eigenvalue weighted by molar-refractivity contribution is 0.248. The van der Waals surface area contributed by atoms with Crippen molar-refractivity contribution >= 4 is 38.9 Å². The highest BCUT2D eigenvalue weighted by atomic mass is 16.6. The molecule has 242 valence electrons. The van der Waals surface area contributed by atoms with E-state index in [0.29, 0.717) is 11.5 Å². The molecule has 50 heavy (non-hydrogen) atoms. The predicted octanol–water partition coefficient (Wildman–Crippen LogP) is 11.7. The van der Waals surface area contributed by atoms with Crippen LogP contribution in [0, 0.1) is 5.92 Å². The van der Waals surface area contributed by atoms with Crippen molar-refractivity contribution in [3.63, 3.8) is 0 Å². The number of anilines is 3. The second-order valence-corrected chi connectivity index (χ2v) is 14.4. The number of rotatable bonds is 4. The second kappa shape index (κ2) is 10.5. The summed E-state index contributed by atoms with van der Waals surface area (Å²) in [5, 5.41) is 2.40. The standard InChI is InChI=1S/C46H36N2O2/c1-45(2)35-20-11-12-21-36(35)46(3)29-42-41(28-43(45)46)50-44-39(23-14-24-40(44)49-42)47(30-15-6-4-7-16-30)32-25-26-38-34(27-32)33-19-10-13-22-37(33)48(38)31-17-8-5-9-18-31/h4-29,43H,1-3H3. The first kappa shape index (κ1) is 29.0. The molecular formula is C46H36N2O2. The summed E-state index contributed by atoms with van der Waals surface area (Å²) in [5.41, 5.74) is 8.97. The molecule has 10 rings (SSSR count). The Bertz CT molecular complexity index is 2540. The first-order chi connectivity index (χ1) is 24.4. The third-order valence-corrected chi connectivity index (χ3v) is 11.2. The van der Waals surface area contributed by atoms with Gasteiger partial charge in [-0.15, -0.1) is 0 Å². The number of hydrogen-bond donors (Lipinski definition) is 0. The van der Waals surface area contributed by atoms with E-state index in [9.17, 15) is 0 Å². The molecule has 2 heterocycles. The van der Waals surface area contributed by atoms with E-state index in [4.69, 9.17) is 9.47 Å². The lowest BCUT2D eigenvalue weighted by Gasteiger charge is -2.40. The minimum Gasteiger partial charge on any atom is -0.450 e. The smallest absolute Gasteiger partial charge is 0.194 e. The van der Waals surface area contributed by atoms with E-state index in [0.717, 1.165) is 39.8 Å². The lowest BCUT2D eigenvalue weighted by Crippen LogP contribution is -2.37. The van der Waals surface area contributed by atoms with Crippen LogP contribution in [0.1, 0.15) is 31.9 Å². The van der Waals surface area contributed by atoms with E-state index < -0.39 is 0 Å². The van der Waals surface area contributed by atoms with E-state index in [1.54, 1.807) is 0 Å². The summed E-state index contributed by atoms with van der Waals surface area (Å²) in [6.45, 7) is 7.04. The van der Waals surface area contributed by atoms with Crippen molar-refractivity contribution in [3.8, 4) is 17.2 Å². The predicted molar refractivity (Wildman–Crippen MR) is 203 cm³/mol. The highest BCUT2D eigenvalue weighted by Crippen LogP contribution is 2.59. The molecule has 0 bridgehead atoms. The van der Waals surface area contributed by atoms with Gasteiger partial charge in [-0.2, -0.15) is 0 Å². The molecule has 6 aromatic carbocycles. The average molecular weight is 649 g/mol. The summed E-state index contributed by atoms with van der Waals surface area (Å²) in [5.74, 6) is 3.20. The molecule has 4 heteroatoms. The SMILES string of the molecule is CC1(C)c2ccccc2C2(C)C=C3Oc4cccc(N(c5ccccc5)c5ccc6c(c5)c5ccccc5n6-c5ccccc5)c4OC3=CC12. The Kier molecular flexibility index (Phi) is 6.08. The van der Waals surface area contributed by atoms with Crippen molar-refractivity contribution in [2.75, 3.05) is 4.90 Å². The van der Waals surface area contributed by atoms with Crippen LogP contribution in [-0.2, 0) is 10.8 Å². The number of nitrogens with zero attached hydrogens (tertiary/aromatic N) is 2. The fourth-order valence-corrected chi connectivity index (χ4v) is 8.94. The maximum Gasteiger partial charge on any atom is 0.194 e. The van der Waals surface area contributed by atoms with Crippen LogP contribution in [0.3, 0.4) is 0 Å². The molecule has 0 radical (unpaired) electrons. The van der Waals surface area contributed by atoms with Crippen molar-refractivity contribution in [2.45, 2.75) is 31.6 Å². The monoisotopic (exact) mass is 648 g/mol. The number of benzene rings is 6. The summed E-state index contributed by atoms with van der Waals surface area (Å²) >= 11 is 0. The van der Waals surface area contributed by atoms with Crippen LogP contribution in [0.5, 0.6) is 11.5 Å². The minimum absolute atomic E-state index is 0.0616. The molecular weight excluding hydrogens is 613 g/mol. The van der Waals surface area contributed by atoms with Crippen molar-refractivity contribution < 1.29 is 9.47 Å². The van der Waals surface area contributed by atoms with E-state index in [-0.39, 0.29) is 16.7 Å². The van der Waals surface area contributed by atoms with Gasteiger partial charge in [0.2, 0.25) is 0 Å². The molecule has 0 saturated carbocycles. The Morgan fingerprint density at radius 1 is 0.580 bits per heavy atom. The average Bonchev–Trinajstić information content (AvgIpc) is 3.56. The first-order valence-corrected chi connectivity index (χ1v) is 17.4. The van der Waals surface area contributed by atoms with Gasteiger partial charge in [-0.3, -0.25) is 0 Å². The zero-order chi connectivity index (χ0) is 33.6. The van der Waals surface area contributed by atoms with Crippen LogP contribution in [-0.4, -0.2) is 4.57 Å². The lowest BCUT2D eigenvalue weighted by atomic mass is 9.66. The third kappa shape index (κ3) is 4.05. The maximum atomic E-state index is 6.98. The summed E-state index contributed by atoms with van der Waals surface area (Å²) < 4.78 is 16.1. The molecule has 0 N–H and O–H groups in total. The summed E-state index contributed by atoms with van der Waals surface area (Å²) in [7, 11) is 0. The number of fused-ring (bicyclic) bond motifs is 8. The largest absolute Gasteiger partial charge is 0.450 e. The first-order valence-electron chi connectivity index (χ1n) is 17.4. The maximum absolute atomic E-state index is 6.98. The van der Waals surface area contributed by atoms with Gasteiger partial charge in [0.1, 0.15) is 0 Å². The van der Waals surface area contributed by atoms with Gasteiger partial charge < -0.3 is 18.9 Å². The molecule has 1 aliphatic heterocycles. The third-order valence-electron chi connectivity index (χ3n) is 11.2. The molecule has 0 amide bonds. The molecule has 0 saturated heterocycles. The van der Waals surface area contributed by atoms with Crippen LogP contribution in [0.2, 0.25) is 0 Å². The van der Waals surface area contributed by atoms with Gasteiger partial charge in [0.05, 0.1) is 16.7 Å². The number of ether oxygens (including phenoxy) is 2.